The van der Waals surface area contributed by atoms with Gasteiger partial charge in [0.1, 0.15) is 11.5 Å². The van der Waals surface area contributed by atoms with E-state index in [0.29, 0.717) is 24.4 Å². The Kier molecular flexibility index (Phi) is 7.37. The average Bonchev–Trinajstić information content (AvgIpc) is 2.66. The van der Waals surface area contributed by atoms with Crippen LogP contribution in [0.25, 0.3) is 11.1 Å². The highest BCUT2D eigenvalue weighted by atomic mass is 16.5. The molecule has 0 aliphatic carbocycles. The van der Waals surface area contributed by atoms with Crippen molar-refractivity contribution in [3.8, 4) is 22.6 Å². The largest absolute Gasteiger partial charge is 0.493 e. The Morgan fingerprint density at radius 3 is 2.04 bits per heavy atom. The van der Waals surface area contributed by atoms with Crippen LogP contribution in [0.5, 0.6) is 11.5 Å². The number of rotatable bonds is 8. The van der Waals surface area contributed by atoms with Crippen LogP contribution in [0, 0.1) is 0 Å². The van der Waals surface area contributed by atoms with Gasteiger partial charge >= 0.3 is 11.9 Å². The second-order valence-corrected chi connectivity index (χ2v) is 5.80. The minimum Gasteiger partial charge on any atom is -0.493 e. The second-order valence-electron chi connectivity index (χ2n) is 5.80. The smallest absolute Gasteiger partial charge is 0.335 e. The van der Waals surface area contributed by atoms with Crippen molar-refractivity contribution < 1.29 is 24.2 Å². The summed E-state index contributed by atoms with van der Waals surface area (Å²) in [5.41, 5.74) is 2.32. The van der Waals surface area contributed by atoms with Gasteiger partial charge in [0.25, 0.3) is 0 Å². The molecule has 2 aromatic carbocycles. The molecule has 0 aliphatic rings. The van der Waals surface area contributed by atoms with Crippen molar-refractivity contribution in [1.29, 1.82) is 0 Å². The lowest BCUT2D eigenvalue weighted by Gasteiger charge is -2.07. The number of hydrogen-bond acceptors (Lipinski definition) is 4. The Labute approximate surface area is 158 Å². The number of carboxylic acid groups (broad SMARTS) is 1. The first-order chi connectivity index (χ1) is 13.0. The first-order valence-corrected chi connectivity index (χ1v) is 8.57. The summed E-state index contributed by atoms with van der Waals surface area (Å²) in [5.74, 6) is -0.106. The third-order valence-electron chi connectivity index (χ3n) is 3.74. The number of ether oxygens (including phenoxy) is 2. The monoisotopic (exact) mass is 366 g/mol. The minimum absolute atomic E-state index is 0.314. The van der Waals surface area contributed by atoms with E-state index in [-0.39, 0.29) is 0 Å². The highest BCUT2D eigenvalue weighted by Crippen LogP contribution is 2.24. The van der Waals surface area contributed by atoms with Crippen LogP contribution in [0.4, 0.5) is 0 Å². The topological polar surface area (TPSA) is 72.8 Å². The summed E-state index contributed by atoms with van der Waals surface area (Å²) in [6.07, 6.45) is 5.17. The molecule has 0 radical (unpaired) electrons. The molecule has 0 saturated heterocycles. The van der Waals surface area contributed by atoms with E-state index in [1.54, 1.807) is 38.1 Å². The van der Waals surface area contributed by atoms with Crippen LogP contribution < -0.4 is 9.47 Å². The van der Waals surface area contributed by atoms with Gasteiger partial charge in [0.05, 0.1) is 6.61 Å². The number of esters is 1. The summed E-state index contributed by atoms with van der Waals surface area (Å²) in [4.78, 5) is 22.1. The molecule has 0 aromatic heterocycles. The first kappa shape index (κ1) is 20.0. The van der Waals surface area contributed by atoms with E-state index >= 15 is 0 Å². The van der Waals surface area contributed by atoms with Gasteiger partial charge in [-0.3, -0.25) is 0 Å². The maximum absolute atomic E-state index is 11.4. The SMILES string of the molecule is CC=CC(=O)Oc1ccc(-c2ccc(OCCC=C(C)C(=O)O)cc2)cc1. The molecule has 0 aliphatic heterocycles. The number of hydrogen-bond donors (Lipinski definition) is 1. The quantitative estimate of drug-likeness (QED) is 0.319. The van der Waals surface area contributed by atoms with Gasteiger partial charge in [-0.25, -0.2) is 9.59 Å². The van der Waals surface area contributed by atoms with E-state index in [2.05, 4.69) is 0 Å². The summed E-state index contributed by atoms with van der Waals surface area (Å²) in [7, 11) is 0. The highest BCUT2D eigenvalue weighted by Gasteiger charge is 2.03. The van der Waals surface area contributed by atoms with Crippen molar-refractivity contribution >= 4 is 11.9 Å². The lowest BCUT2D eigenvalue weighted by molar-refractivity contribution is -0.132. The van der Waals surface area contributed by atoms with Gasteiger partial charge in [0.2, 0.25) is 0 Å². The molecule has 140 valence electrons. The molecule has 0 atom stereocenters. The summed E-state index contributed by atoms with van der Waals surface area (Å²) < 4.78 is 10.8. The molecule has 0 heterocycles. The standard InChI is InChI=1S/C22H22O5/c1-3-5-21(23)27-20-13-9-18(10-14-20)17-7-11-19(12-8-17)26-15-4-6-16(2)22(24)25/h3,5-14H,4,15H2,1-2H3,(H,24,25). The van der Waals surface area contributed by atoms with Gasteiger partial charge in [0, 0.05) is 18.1 Å². The Bertz CT molecular complexity index is 830. The van der Waals surface area contributed by atoms with Gasteiger partial charge in [-0.05, 0) is 49.2 Å². The van der Waals surface area contributed by atoms with Crippen LogP contribution >= 0.6 is 0 Å². The first-order valence-electron chi connectivity index (χ1n) is 8.57. The van der Waals surface area contributed by atoms with E-state index in [9.17, 15) is 9.59 Å². The van der Waals surface area contributed by atoms with Crippen molar-refractivity contribution in [2.45, 2.75) is 20.3 Å². The predicted octanol–water partition coefficient (Wildman–Crippen LogP) is 4.63. The molecule has 5 heteroatoms. The van der Waals surface area contributed by atoms with Crippen LogP contribution in [-0.2, 0) is 9.59 Å². The summed E-state index contributed by atoms with van der Waals surface area (Å²) in [6.45, 7) is 3.73. The molecule has 0 amide bonds. The van der Waals surface area contributed by atoms with E-state index in [1.807, 2.05) is 36.4 Å². The van der Waals surface area contributed by atoms with Crippen LogP contribution in [0.3, 0.4) is 0 Å². The van der Waals surface area contributed by atoms with E-state index < -0.39 is 11.9 Å². The maximum Gasteiger partial charge on any atom is 0.335 e. The van der Waals surface area contributed by atoms with Crippen molar-refractivity contribution in [1.82, 2.24) is 0 Å². The molecule has 2 rings (SSSR count). The lowest BCUT2D eigenvalue weighted by Crippen LogP contribution is -2.03. The third kappa shape index (κ3) is 6.47. The van der Waals surface area contributed by atoms with E-state index in [0.717, 1.165) is 16.9 Å². The van der Waals surface area contributed by atoms with Gasteiger partial charge in [-0.1, -0.05) is 36.4 Å². The van der Waals surface area contributed by atoms with E-state index in [1.165, 1.54) is 6.08 Å². The fourth-order valence-electron chi connectivity index (χ4n) is 2.28. The Hall–Kier alpha value is -3.34. The normalized spacial score (nSPS) is 11.4. The van der Waals surface area contributed by atoms with Crippen molar-refractivity contribution in [2.75, 3.05) is 6.61 Å². The van der Waals surface area contributed by atoms with E-state index in [4.69, 9.17) is 14.6 Å². The van der Waals surface area contributed by atoms with Gasteiger partial charge in [-0.2, -0.15) is 0 Å². The number of carbonyl (C=O) groups excluding carboxylic acids is 1. The fourth-order valence-corrected chi connectivity index (χ4v) is 2.28. The van der Waals surface area contributed by atoms with Crippen molar-refractivity contribution in [2.24, 2.45) is 0 Å². The predicted molar refractivity (Wildman–Crippen MR) is 104 cm³/mol. The highest BCUT2D eigenvalue weighted by molar-refractivity contribution is 5.85. The molecule has 27 heavy (non-hydrogen) atoms. The zero-order chi connectivity index (χ0) is 19.6. The number of aliphatic carboxylic acids is 1. The molecular weight excluding hydrogens is 344 g/mol. The number of benzene rings is 2. The van der Waals surface area contributed by atoms with Gasteiger partial charge in [0.15, 0.2) is 0 Å². The lowest BCUT2D eigenvalue weighted by atomic mass is 10.1. The number of carbonyl (C=O) groups is 2. The second kappa shape index (κ2) is 9.97. The molecule has 2 aromatic rings. The average molecular weight is 366 g/mol. The zero-order valence-electron chi connectivity index (χ0n) is 15.3. The number of carboxylic acids is 1. The molecule has 1 N–H and O–H groups in total. The van der Waals surface area contributed by atoms with Crippen LogP contribution in [0.1, 0.15) is 20.3 Å². The molecule has 0 unspecified atom stereocenters. The Morgan fingerprint density at radius 2 is 1.52 bits per heavy atom. The Balaban J connectivity index is 1.92. The summed E-state index contributed by atoms with van der Waals surface area (Å²) in [6, 6.07) is 14.9. The van der Waals surface area contributed by atoms with Crippen LogP contribution in [0.2, 0.25) is 0 Å². The maximum atomic E-state index is 11.4. The third-order valence-corrected chi connectivity index (χ3v) is 3.74. The van der Waals surface area contributed by atoms with Crippen LogP contribution in [0.15, 0.2) is 72.3 Å². The molecule has 5 nitrogen and oxygen atoms in total. The molecule has 0 saturated carbocycles. The minimum atomic E-state index is -0.915. The molecular formula is C22H22O5. The molecule has 0 bridgehead atoms. The fraction of sp³-hybridized carbons (Fsp3) is 0.182. The molecule has 0 spiro atoms. The van der Waals surface area contributed by atoms with Crippen molar-refractivity contribution in [3.05, 3.63) is 72.3 Å². The van der Waals surface area contributed by atoms with Crippen LogP contribution in [-0.4, -0.2) is 23.7 Å². The zero-order valence-corrected chi connectivity index (χ0v) is 15.3. The van der Waals surface area contributed by atoms with Gasteiger partial charge in [-0.15, -0.1) is 0 Å². The summed E-state index contributed by atoms with van der Waals surface area (Å²) in [5, 5.41) is 8.78. The number of allylic oxidation sites excluding steroid dienone is 1. The Morgan fingerprint density at radius 1 is 0.963 bits per heavy atom. The molecule has 0 fully saturated rings. The summed E-state index contributed by atoms with van der Waals surface area (Å²) >= 11 is 0. The van der Waals surface area contributed by atoms with Gasteiger partial charge < -0.3 is 14.6 Å². The van der Waals surface area contributed by atoms with Crippen molar-refractivity contribution in [3.63, 3.8) is 0 Å².